The molecule has 4 nitrogen and oxygen atoms in total. The van der Waals surface area contributed by atoms with Crippen molar-refractivity contribution < 1.29 is 9.53 Å². The number of amides is 1. The first-order valence-electron chi connectivity index (χ1n) is 9.00. The number of anilines is 1. The van der Waals surface area contributed by atoms with E-state index in [-0.39, 0.29) is 12.5 Å². The minimum Gasteiger partial charge on any atom is -0.482 e. The number of halogens is 2. The van der Waals surface area contributed by atoms with Gasteiger partial charge in [0.1, 0.15) is 5.75 Å². The topological polar surface area (TPSA) is 50.7 Å². The summed E-state index contributed by atoms with van der Waals surface area (Å²) in [5.74, 6) is 0.177. The number of hydrogen-bond donors (Lipinski definition) is 1. The summed E-state index contributed by atoms with van der Waals surface area (Å²) in [6.07, 6.45) is 1.71. The van der Waals surface area contributed by atoms with Crippen molar-refractivity contribution in [3.8, 4) is 5.75 Å². The summed E-state index contributed by atoms with van der Waals surface area (Å²) in [6.45, 7) is 3.74. The van der Waals surface area contributed by atoms with E-state index in [1.807, 2.05) is 62.4 Å². The van der Waals surface area contributed by atoms with Crippen LogP contribution in [0.2, 0.25) is 10.0 Å². The highest BCUT2D eigenvalue weighted by Gasteiger charge is 2.07. The standard InChI is InChI=1S/C23H20Cl2N2O2/c1-15-5-3-6-18(11-15)27-23(28)14-29-22-10-9-17(12-20(22)25)13-26-21-8-4-7-19(24)16(21)2/h3-13H,14H2,1-2H3,(H,27,28). The molecule has 0 bridgehead atoms. The first-order chi connectivity index (χ1) is 13.9. The van der Waals surface area contributed by atoms with Crippen molar-refractivity contribution in [2.75, 3.05) is 11.9 Å². The largest absolute Gasteiger partial charge is 0.482 e. The van der Waals surface area contributed by atoms with E-state index in [0.717, 1.165) is 28.1 Å². The molecule has 0 radical (unpaired) electrons. The molecule has 3 rings (SSSR count). The Bertz CT molecular complexity index is 1060. The van der Waals surface area contributed by atoms with Crippen LogP contribution in [0.25, 0.3) is 0 Å². The number of aryl methyl sites for hydroxylation is 1. The van der Waals surface area contributed by atoms with Crippen LogP contribution in [0, 0.1) is 13.8 Å². The lowest BCUT2D eigenvalue weighted by Gasteiger charge is -2.09. The lowest BCUT2D eigenvalue weighted by molar-refractivity contribution is -0.118. The van der Waals surface area contributed by atoms with Crippen molar-refractivity contribution in [3.63, 3.8) is 0 Å². The zero-order valence-corrected chi connectivity index (χ0v) is 17.6. The van der Waals surface area contributed by atoms with Crippen molar-refractivity contribution in [2.45, 2.75) is 13.8 Å². The minimum atomic E-state index is -0.256. The highest BCUT2D eigenvalue weighted by molar-refractivity contribution is 6.32. The number of benzene rings is 3. The molecule has 6 heteroatoms. The van der Waals surface area contributed by atoms with Crippen LogP contribution in [-0.2, 0) is 4.79 Å². The predicted molar refractivity (Wildman–Crippen MR) is 120 cm³/mol. The van der Waals surface area contributed by atoms with Gasteiger partial charge in [0.05, 0.1) is 10.7 Å². The zero-order chi connectivity index (χ0) is 20.8. The Morgan fingerprint density at radius 1 is 1.03 bits per heavy atom. The van der Waals surface area contributed by atoms with Crippen LogP contribution in [0.4, 0.5) is 11.4 Å². The highest BCUT2D eigenvalue weighted by Crippen LogP contribution is 2.27. The molecular formula is C23H20Cl2N2O2. The molecule has 0 heterocycles. The fraction of sp³-hybridized carbons (Fsp3) is 0.130. The molecule has 148 valence electrons. The monoisotopic (exact) mass is 426 g/mol. The van der Waals surface area contributed by atoms with Gasteiger partial charge in [-0.2, -0.15) is 0 Å². The van der Waals surface area contributed by atoms with Crippen molar-refractivity contribution in [1.29, 1.82) is 0 Å². The number of nitrogens with one attached hydrogen (secondary N) is 1. The maximum atomic E-state index is 12.1. The average molecular weight is 427 g/mol. The lowest BCUT2D eigenvalue weighted by atomic mass is 10.2. The third-order valence-corrected chi connectivity index (χ3v) is 4.91. The number of ether oxygens (including phenoxy) is 1. The summed E-state index contributed by atoms with van der Waals surface area (Å²) in [5, 5.41) is 3.87. The lowest BCUT2D eigenvalue weighted by Crippen LogP contribution is -2.20. The number of hydrogen-bond acceptors (Lipinski definition) is 3. The van der Waals surface area contributed by atoms with Crippen molar-refractivity contribution in [3.05, 3.63) is 87.4 Å². The fourth-order valence-corrected chi connectivity index (χ4v) is 3.07. The number of rotatable bonds is 6. The first kappa shape index (κ1) is 20.9. The Balaban J connectivity index is 1.61. The molecule has 0 saturated heterocycles. The highest BCUT2D eigenvalue weighted by atomic mass is 35.5. The van der Waals surface area contributed by atoms with E-state index >= 15 is 0 Å². The smallest absolute Gasteiger partial charge is 0.262 e. The Hall–Kier alpha value is -2.82. The molecular weight excluding hydrogens is 407 g/mol. The van der Waals surface area contributed by atoms with E-state index in [4.69, 9.17) is 27.9 Å². The van der Waals surface area contributed by atoms with Gasteiger partial charge in [-0.1, -0.05) is 41.4 Å². The van der Waals surface area contributed by atoms with Gasteiger partial charge in [0, 0.05) is 16.9 Å². The van der Waals surface area contributed by atoms with Gasteiger partial charge < -0.3 is 10.1 Å². The maximum Gasteiger partial charge on any atom is 0.262 e. The van der Waals surface area contributed by atoms with E-state index < -0.39 is 0 Å². The summed E-state index contributed by atoms with van der Waals surface area (Å²) in [7, 11) is 0. The van der Waals surface area contributed by atoms with Crippen LogP contribution in [0.1, 0.15) is 16.7 Å². The summed E-state index contributed by atoms with van der Waals surface area (Å²) in [6, 6.07) is 18.4. The van der Waals surface area contributed by atoms with Crippen molar-refractivity contribution in [2.24, 2.45) is 4.99 Å². The summed E-state index contributed by atoms with van der Waals surface area (Å²) >= 11 is 12.4. The number of carbonyl (C=O) groups is 1. The van der Waals surface area contributed by atoms with Crippen molar-refractivity contribution >= 4 is 46.7 Å². The second-order valence-electron chi connectivity index (χ2n) is 6.54. The quantitative estimate of drug-likeness (QED) is 0.464. The molecule has 1 N–H and O–H groups in total. The molecule has 0 aromatic heterocycles. The van der Waals surface area contributed by atoms with E-state index in [1.54, 1.807) is 18.3 Å². The second-order valence-corrected chi connectivity index (χ2v) is 7.35. The van der Waals surface area contributed by atoms with E-state index in [1.165, 1.54) is 0 Å². The van der Waals surface area contributed by atoms with Gasteiger partial charge in [0.15, 0.2) is 6.61 Å². The van der Waals surface area contributed by atoms with Crippen LogP contribution in [0.15, 0.2) is 65.7 Å². The Morgan fingerprint density at radius 3 is 2.59 bits per heavy atom. The van der Waals surface area contributed by atoms with Gasteiger partial charge in [0.25, 0.3) is 5.91 Å². The summed E-state index contributed by atoms with van der Waals surface area (Å²) in [4.78, 5) is 16.5. The third-order valence-electron chi connectivity index (χ3n) is 4.21. The normalized spacial score (nSPS) is 10.9. The second kappa shape index (κ2) is 9.59. The fourth-order valence-electron chi connectivity index (χ4n) is 2.66. The Morgan fingerprint density at radius 2 is 1.83 bits per heavy atom. The molecule has 29 heavy (non-hydrogen) atoms. The van der Waals surface area contributed by atoms with E-state index in [0.29, 0.717) is 15.8 Å². The SMILES string of the molecule is Cc1cccc(NC(=O)COc2ccc(C=Nc3cccc(Cl)c3C)cc2Cl)c1. The Labute approximate surface area is 180 Å². The van der Waals surface area contributed by atoms with Gasteiger partial charge in [-0.25, -0.2) is 0 Å². The molecule has 0 fully saturated rings. The summed E-state index contributed by atoms with van der Waals surface area (Å²) in [5.41, 5.74) is 4.31. The van der Waals surface area contributed by atoms with Gasteiger partial charge in [-0.05, 0) is 73.0 Å². The van der Waals surface area contributed by atoms with Gasteiger partial charge in [-0.15, -0.1) is 0 Å². The van der Waals surface area contributed by atoms with Crippen molar-refractivity contribution in [1.82, 2.24) is 0 Å². The van der Waals surface area contributed by atoms with Crippen LogP contribution >= 0.6 is 23.2 Å². The molecule has 0 saturated carbocycles. The molecule has 3 aromatic carbocycles. The average Bonchev–Trinajstić information content (AvgIpc) is 2.68. The minimum absolute atomic E-state index is 0.136. The molecule has 3 aromatic rings. The molecule has 0 atom stereocenters. The molecule has 0 unspecified atom stereocenters. The molecule has 0 spiro atoms. The third kappa shape index (κ3) is 5.83. The van der Waals surface area contributed by atoms with Crippen LogP contribution in [0.3, 0.4) is 0 Å². The maximum absolute atomic E-state index is 12.1. The van der Waals surface area contributed by atoms with Gasteiger partial charge >= 0.3 is 0 Å². The number of carbonyl (C=O) groups excluding carboxylic acids is 1. The zero-order valence-electron chi connectivity index (χ0n) is 16.1. The molecule has 0 aliphatic heterocycles. The molecule has 1 amide bonds. The molecule has 0 aliphatic rings. The first-order valence-corrected chi connectivity index (χ1v) is 9.76. The van der Waals surface area contributed by atoms with E-state index in [9.17, 15) is 4.79 Å². The van der Waals surface area contributed by atoms with Crippen LogP contribution < -0.4 is 10.1 Å². The predicted octanol–water partition coefficient (Wildman–Crippen LogP) is 6.38. The molecule has 0 aliphatic carbocycles. The van der Waals surface area contributed by atoms with Crippen LogP contribution in [-0.4, -0.2) is 18.7 Å². The van der Waals surface area contributed by atoms with Gasteiger partial charge in [0.2, 0.25) is 0 Å². The summed E-state index contributed by atoms with van der Waals surface area (Å²) < 4.78 is 5.55. The number of aliphatic imine (C=N–C) groups is 1. The van der Waals surface area contributed by atoms with Crippen LogP contribution in [0.5, 0.6) is 5.75 Å². The van der Waals surface area contributed by atoms with Gasteiger partial charge in [-0.3, -0.25) is 9.79 Å². The van der Waals surface area contributed by atoms with E-state index in [2.05, 4.69) is 10.3 Å². The number of nitrogens with zero attached hydrogens (tertiary/aromatic N) is 1. The Kier molecular flexibility index (Phi) is 6.91.